The molecule has 3 rings (SSSR count). The van der Waals surface area contributed by atoms with Crippen molar-refractivity contribution in [1.82, 2.24) is 14.5 Å². The molecule has 0 aliphatic carbocycles. The third-order valence-corrected chi connectivity index (χ3v) is 7.38. The number of carbonyl (C=O) groups excluding carboxylic acids is 1. The molecule has 1 saturated heterocycles. The first-order valence-electron chi connectivity index (χ1n) is 11.6. The first kappa shape index (κ1) is 26.1. The van der Waals surface area contributed by atoms with Crippen LogP contribution in [-0.2, 0) is 21.4 Å². The highest BCUT2D eigenvalue weighted by Crippen LogP contribution is 2.18. The second-order valence-electron chi connectivity index (χ2n) is 9.06. The molecule has 1 aliphatic rings. The summed E-state index contributed by atoms with van der Waals surface area (Å²) in [5, 5.41) is 0. The van der Waals surface area contributed by atoms with Gasteiger partial charge in [-0.1, -0.05) is 26.0 Å². The monoisotopic (exact) mass is 491 g/mol. The lowest BCUT2D eigenvalue weighted by Gasteiger charge is -2.28. The fourth-order valence-corrected chi connectivity index (χ4v) is 5.30. The van der Waals surface area contributed by atoms with Gasteiger partial charge in [-0.25, -0.2) is 12.8 Å². The summed E-state index contributed by atoms with van der Waals surface area (Å²) in [6.07, 6.45) is 1.19. The van der Waals surface area contributed by atoms with Gasteiger partial charge in [-0.2, -0.15) is 4.72 Å². The van der Waals surface area contributed by atoms with E-state index in [1.54, 1.807) is 29.2 Å². The number of carbonyl (C=O) groups is 1. The maximum absolute atomic E-state index is 13.4. The Morgan fingerprint density at radius 2 is 1.71 bits per heavy atom. The second-order valence-corrected chi connectivity index (χ2v) is 10.8. The number of hydrogen-bond acceptors (Lipinski definition) is 5. The molecule has 0 aromatic heterocycles. The average molecular weight is 492 g/mol. The van der Waals surface area contributed by atoms with Crippen molar-refractivity contribution in [1.29, 1.82) is 0 Å². The number of rotatable bonds is 9. The molecule has 9 heteroatoms. The van der Waals surface area contributed by atoms with Gasteiger partial charge in [0, 0.05) is 32.7 Å². The second kappa shape index (κ2) is 11.8. The zero-order valence-electron chi connectivity index (χ0n) is 20.0. The lowest BCUT2D eigenvalue weighted by Crippen LogP contribution is -2.50. The molecule has 0 saturated carbocycles. The fraction of sp³-hybridized carbons (Fsp3) is 0.480. The standard InChI is InChI=1S/C25H34FN3O4S/c1-19(2)17-24(27-34(31,32)23-11-9-22(33-3)10-12-23)25(30)29-14-4-13-28(15-16-29)18-20-5-7-21(26)8-6-20/h5-12,19,24,27H,4,13-18H2,1-3H3. The maximum Gasteiger partial charge on any atom is 0.241 e. The Hall–Kier alpha value is -2.49. The molecule has 2 aromatic rings. The smallest absolute Gasteiger partial charge is 0.241 e. The van der Waals surface area contributed by atoms with Gasteiger partial charge < -0.3 is 9.64 Å². The number of nitrogens with one attached hydrogen (secondary N) is 1. The van der Waals surface area contributed by atoms with Crippen LogP contribution in [0.3, 0.4) is 0 Å². The lowest BCUT2D eigenvalue weighted by atomic mass is 10.0. The Labute approximate surface area is 201 Å². The van der Waals surface area contributed by atoms with Gasteiger partial charge in [0.1, 0.15) is 17.6 Å². The van der Waals surface area contributed by atoms with Gasteiger partial charge in [-0.05, 0) is 60.7 Å². The molecule has 1 heterocycles. The number of benzene rings is 2. The minimum Gasteiger partial charge on any atom is -0.497 e. The predicted molar refractivity (Wildman–Crippen MR) is 129 cm³/mol. The Morgan fingerprint density at radius 1 is 1.03 bits per heavy atom. The summed E-state index contributed by atoms with van der Waals surface area (Å²) in [4.78, 5) is 17.5. The lowest BCUT2D eigenvalue weighted by molar-refractivity contribution is -0.133. The number of hydrogen-bond donors (Lipinski definition) is 1. The molecule has 0 radical (unpaired) electrons. The predicted octanol–water partition coefficient (Wildman–Crippen LogP) is 3.26. The summed E-state index contributed by atoms with van der Waals surface area (Å²) in [7, 11) is -2.36. The quantitative estimate of drug-likeness (QED) is 0.583. The van der Waals surface area contributed by atoms with E-state index >= 15 is 0 Å². The molecule has 1 unspecified atom stereocenters. The van der Waals surface area contributed by atoms with E-state index < -0.39 is 16.1 Å². The number of methoxy groups -OCH3 is 1. The average Bonchev–Trinajstić information content (AvgIpc) is 3.05. The number of sulfonamides is 1. The zero-order valence-corrected chi connectivity index (χ0v) is 20.9. The minimum absolute atomic E-state index is 0.0937. The highest BCUT2D eigenvalue weighted by Gasteiger charge is 2.31. The van der Waals surface area contributed by atoms with Crippen LogP contribution < -0.4 is 9.46 Å². The highest BCUT2D eigenvalue weighted by molar-refractivity contribution is 7.89. The SMILES string of the molecule is COc1ccc(S(=O)(=O)NC(CC(C)C)C(=O)N2CCCN(Cc3ccc(F)cc3)CC2)cc1. The number of amides is 1. The molecule has 1 amide bonds. The third-order valence-electron chi connectivity index (χ3n) is 5.89. The van der Waals surface area contributed by atoms with E-state index in [2.05, 4.69) is 9.62 Å². The van der Waals surface area contributed by atoms with Crippen LogP contribution in [0, 0.1) is 11.7 Å². The topological polar surface area (TPSA) is 78.9 Å². The number of halogens is 1. The summed E-state index contributed by atoms with van der Waals surface area (Å²) in [6.45, 7) is 7.18. The summed E-state index contributed by atoms with van der Waals surface area (Å²) >= 11 is 0. The molecular formula is C25H34FN3O4S. The van der Waals surface area contributed by atoms with Crippen LogP contribution in [-0.4, -0.2) is 63.5 Å². The van der Waals surface area contributed by atoms with E-state index in [1.807, 2.05) is 13.8 Å². The third kappa shape index (κ3) is 7.25. The summed E-state index contributed by atoms with van der Waals surface area (Å²) < 4.78 is 46.9. The number of nitrogens with zero attached hydrogens (tertiary/aromatic N) is 2. The van der Waals surface area contributed by atoms with Crippen LogP contribution in [0.5, 0.6) is 5.75 Å². The Morgan fingerprint density at radius 3 is 2.32 bits per heavy atom. The van der Waals surface area contributed by atoms with Gasteiger partial charge >= 0.3 is 0 Å². The highest BCUT2D eigenvalue weighted by atomic mass is 32.2. The van der Waals surface area contributed by atoms with Crippen LogP contribution in [0.25, 0.3) is 0 Å². The van der Waals surface area contributed by atoms with Gasteiger partial charge in [0.05, 0.1) is 12.0 Å². The summed E-state index contributed by atoms with van der Waals surface area (Å²) in [5.74, 6) is 0.233. The molecule has 1 N–H and O–H groups in total. The van der Waals surface area contributed by atoms with E-state index in [0.717, 1.165) is 18.5 Å². The molecule has 0 bridgehead atoms. The van der Waals surface area contributed by atoms with Crippen molar-refractivity contribution in [2.75, 3.05) is 33.3 Å². The summed E-state index contributed by atoms with van der Waals surface area (Å²) in [5.41, 5.74) is 1.02. The van der Waals surface area contributed by atoms with Gasteiger partial charge in [-0.3, -0.25) is 9.69 Å². The van der Waals surface area contributed by atoms with Crippen LogP contribution in [0.15, 0.2) is 53.4 Å². The largest absolute Gasteiger partial charge is 0.497 e. The van der Waals surface area contributed by atoms with Crippen LogP contribution >= 0.6 is 0 Å². The Bertz CT molecular complexity index is 1040. The Kier molecular flexibility index (Phi) is 9.04. The molecule has 0 spiro atoms. The van der Waals surface area contributed by atoms with Gasteiger partial charge in [0.2, 0.25) is 15.9 Å². The van der Waals surface area contributed by atoms with Gasteiger partial charge in [0.25, 0.3) is 0 Å². The van der Waals surface area contributed by atoms with Crippen LogP contribution in [0.1, 0.15) is 32.3 Å². The van der Waals surface area contributed by atoms with Crippen LogP contribution in [0.4, 0.5) is 4.39 Å². The van der Waals surface area contributed by atoms with Crippen molar-refractivity contribution in [2.24, 2.45) is 5.92 Å². The van der Waals surface area contributed by atoms with Crippen molar-refractivity contribution in [3.63, 3.8) is 0 Å². The van der Waals surface area contributed by atoms with E-state index in [4.69, 9.17) is 4.74 Å². The molecule has 7 nitrogen and oxygen atoms in total. The van der Waals surface area contributed by atoms with E-state index in [9.17, 15) is 17.6 Å². The van der Waals surface area contributed by atoms with E-state index in [0.29, 0.717) is 38.3 Å². The van der Waals surface area contributed by atoms with Gasteiger partial charge in [0.15, 0.2) is 0 Å². The van der Waals surface area contributed by atoms with Crippen LogP contribution in [0.2, 0.25) is 0 Å². The van der Waals surface area contributed by atoms with Crippen molar-refractivity contribution in [3.8, 4) is 5.75 Å². The Balaban J connectivity index is 1.67. The molecule has 34 heavy (non-hydrogen) atoms. The van der Waals surface area contributed by atoms with Crippen molar-refractivity contribution in [3.05, 3.63) is 59.9 Å². The van der Waals surface area contributed by atoms with Gasteiger partial charge in [-0.15, -0.1) is 0 Å². The van der Waals surface area contributed by atoms with E-state index in [1.165, 1.54) is 31.4 Å². The van der Waals surface area contributed by atoms with E-state index in [-0.39, 0.29) is 22.5 Å². The first-order valence-corrected chi connectivity index (χ1v) is 13.1. The van der Waals surface area contributed by atoms with Crippen molar-refractivity contribution < 1.29 is 22.3 Å². The zero-order chi connectivity index (χ0) is 24.7. The minimum atomic E-state index is -3.87. The maximum atomic E-state index is 13.4. The fourth-order valence-electron chi connectivity index (χ4n) is 4.10. The number of ether oxygens (including phenoxy) is 1. The molecular weight excluding hydrogens is 457 g/mol. The first-order chi connectivity index (χ1) is 16.2. The molecule has 1 fully saturated rings. The molecule has 1 atom stereocenters. The van der Waals surface area contributed by atoms with Crippen molar-refractivity contribution >= 4 is 15.9 Å². The molecule has 186 valence electrons. The normalized spacial score (nSPS) is 16.3. The molecule has 1 aliphatic heterocycles. The van der Waals surface area contributed by atoms with Crippen molar-refractivity contribution in [2.45, 2.75) is 44.2 Å². The molecule has 2 aromatic carbocycles. The summed E-state index contributed by atoms with van der Waals surface area (Å²) in [6, 6.07) is 11.7.